The van der Waals surface area contributed by atoms with Gasteiger partial charge in [0, 0.05) is 31.6 Å². The first-order chi connectivity index (χ1) is 12.4. The van der Waals surface area contributed by atoms with E-state index in [4.69, 9.17) is 0 Å². The van der Waals surface area contributed by atoms with Crippen molar-refractivity contribution in [3.8, 4) is 0 Å². The molecule has 0 saturated carbocycles. The summed E-state index contributed by atoms with van der Waals surface area (Å²) < 4.78 is 26.9. The first-order valence-corrected chi connectivity index (χ1v) is 9.70. The van der Waals surface area contributed by atoms with Gasteiger partial charge in [-0.2, -0.15) is 4.31 Å². The monoisotopic (exact) mass is 370 g/mol. The number of nitrogens with one attached hydrogen (secondary N) is 2. The zero-order valence-electron chi connectivity index (χ0n) is 14.1. The molecule has 0 atom stereocenters. The third kappa shape index (κ3) is 2.97. The lowest BCUT2D eigenvalue weighted by Gasteiger charge is -2.36. The van der Waals surface area contributed by atoms with E-state index in [1.807, 2.05) is 24.3 Å². The largest absolute Gasteiger partial charge is 0.342 e. The molecule has 2 aromatic carbocycles. The smallest absolute Gasteiger partial charge is 0.243 e. The Balaban J connectivity index is 1.47. The molecule has 0 spiro atoms. The molecule has 2 N–H and O–H groups in total. The van der Waals surface area contributed by atoms with Crippen LogP contribution in [0.2, 0.25) is 0 Å². The first kappa shape index (κ1) is 16.7. The van der Waals surface area contributed by atoms with Crippen LogP contribution in [0.15, 0.2) is 53.4 Å². The van der Waals surface area contributed by atoms with Crippen LogP contribution < -0.4 is 5.32 Å². The molecular weight excluding hydrogens is 352 g/mol. The van der Waals surface area contributed by atoms with Crippen LogP contribution in [0.4, 0.5) is 5.69 Å². The van der Waals surface area contributed by atoms with Gasteiger partial charge in [-0.25, -0.2) is 13.4 Å². The van der Waals surface area contributed by atoms with Crippen molar-refractivity contribution in [3.63, 3.8) is 0 Å². The van der Waals surface area contributed by atoms with E-state index >= 15 is 0 Å². The molecule has 0 radical (unpaired) electrons. The van der Waals surface area contributed by atoms with Crippen LogP contribution in [-0.2, 0) is 14.8 Å². The molecule has 8 heteroatoms. The number of H-pyrrole nitrogens is 1. The molecule has 0 aliphatic carbocycles. The lowest BCUT2D eigenvalue weighted by atomic mass is 10.0. The fourth-order valence-corrected chi connectivity index (χ4v) is 4.57. The topological polar surface area (TPSA) is 95.2 Å². The number of fused-ring (bicyclic) bond motifs is 1. The lowest BCUT2D eigenvalue weighted by molar-refractivity contribution is -0.114. The molecular formula is C18H18N4O3S. The van der Waals surface area contributed by atoms with Crippen LogP contribution in [-0.4, -0.2) is 41.7 Å². The Bertz CT molecular complexity index is 1030. The lowest BCUT2D eigenvalue weighted by Crippen LogP contribution is -2.48. The molecule has 0 bridgehead atoms. The minimum atomic E-state index is -3.54. The molecule has 1 aliphatic heterocycles. The summed E-state index contributed by atoms with van der Waals surface area (Å²) in [6.07, 6.45) is 0. The fraction of sp³-hybridized carbons (Fsp3) is 0.222. The van der Waals surface area contributed by atoms with Crippen LogP contribution in [0.1, 0.15) is 18.7 Å². The van der Waals surface area contributed by atoms with Crippen LogP contribution in [0.3, 0.4) is 0 Å². The van der Waals surface area contributed by atoms with Gasteiger partial charge in [-0.05, 0) is 36.4 Å². The molecule has 1 fully saturated rings. The minimum Gasteiger partial charge on any atom is -0.342 e. The average Bonchev–Trinajstić information content (AvgIpc) is 2.96. The van der Waals surface area contributed by atoms with Gasteiger partial charge in [0.1, 0.15) is 5.82 Å². The molecule has 134 valence electrons. The summed E-state index contributed by atoms with van der Waals surface area (Å²) in [5.74, 6) is 0.687. The molecule has 4 rings (SSSR count). The summed E-state index contributed by atoms with van der Waals surface area (Å²) in [5.41, 5.74) is 2.41. The number of amides is 1. The molecule has 2 heterocycles. The summed E-state index contributed by atoms with van der Waals surface area (Å²) in [7, 11) is -3.54. The van der Waals surface area contributed by atoms with Crippen LogP contribution >= 0.6 is 0 Å². The number of rotatable bonds is 4. The highest BCUT2D eigenvalue weighted by Gasteiger charge is 2.38. The van der Waals surface area contributed by atoms with Gasteiger partial charge < -0.3 is 10.3 Å². The Hall–Kier alpha value is -2.71. The van der Waals surface area contributed by atoms with Crippen molar-refractivity contribution in [1.82, 2.24) is 14.3 Å². The summed E-state index contributed by atoms with van der Waals surface area (Å²) in [6, 6.07) is 13.9. The van der Waals surface area contributed by atoms with E-state index in [-0.39, 0.29) is 16.7 Å². The quantitative estimate of drug-likeness (QED) is 0.737. The Labute approximate surface area is 151 Å². The number of hydrogen-bond acceptors (Lipinski definition) is 4. The number of aromatic nitrogens is 2. The zero-order chi connectivity index (χ0) is 18.3. The van der Waals surface area contributed by atoms with Gasteiger partial charge in [0.05, 0.1) is 15.9 Å². The van der Waals surface area contributed by atoms with Gasteiger partial charge in [0.2, 0.25) is 15.9 Å². The number of hydrogen-bond donors (Lipinski definition) is 2. The summed E-state index contributed by atoms with van der Waals surface area (Å²) in [4.78, 5) is 19.1. The van der Waals surface area contributed by atoms with E-state index in [0.717, 1.165) is 16.9 Å². The predicted molar refractivity (Wildman–Crippen MR) is 98.3 cm³/mol. The second-order valence-electron chi connectivity index (χ2n) is 6.36. The molecule has 26 heavy (non-hydrogen) atoms. The van der Waals surface area contributed by atoms with Crippen molar-refractivity contribution in [2.45, 2.75) is 17.7 Å². The van der Waals surface area contributed by atoms with Gasteiger partial charge in [0.25, 0.3) is 0 Å². The Morgan fingerprint density at radius 2 is 1.85 bits per heavy atom. The minimum absolute atomic E-state index is 0.0656. The van der Waals surface area contributed by atoms with Gasteiger partial charge in [-0.1, -0.05) is 12.1 Å². The molecule has 0 unspecified atom stereocenters. The molecule has 3 aromatic rings. The van der Waals surface area contributed by atoms with Crippen molar-refractivity contribution in [2.24, 2.45) is 0 Å². The summed E-state index contributed by atoms with van der Waals surface area (Å²) >= 11 is 0. The highest BCUT2D eigenvalue weighted by atomic mass is 32.2. The van der Waals surface area contributed by atoms with Crippen LogP contribution in [0.25, 0.3) is 11.0 Å². The molecule has 7 nitrogen and oxygen atoms in total. The van der Waals surface area contributed by atoms with Crippen LogP contribution in [0, 0.1) is 0 Å². The van der Waals surface area contributed by atoms with Crippen molar-refractivity contribution in [1.29, 1.82) is 0 Å². The van der Waals surface area contributed by atoms with Gasteiger partial charge in [-0.3, -0.25) is 4.79 Å². The molecule has 1 saturated heterocycles. The summed E-state index contributed by atoms with van der Waals surface area (Å²) in [6.45, 7) is 2.20. The predicted octanol–water partition coefficient (Wildman–Crippen LogP) is 2.31. The van der Waals surface area contributed by atoms with E-state index in [9.17, 15) is 13.2 Å². The fourth-order valence-electron chi connectivity index (χ4n) is 3.04. The van der Waals surface area contributed by atoms with E-state index in [2.05, 4.69) is 15.3 Å². The van der Waals surface area contributed by atoms with Crippen molar-refractivity contribution in [2.75, 3.05) is 18.4 Å². The van der Waals surface area contributed by atoms with Crippen LogP contribution in [0.5, 0.6) is 0 Å². The highest BCUT2D eigenvalue weighted by molar-refractivity contribution is 7.89. The average molecular weight is 370 g/mol. The number of carbonyl (C=O) groups is 1. The number of imidazole rings is 1. The van der Waals surface area contributed by atoms with Gasteiger partial charge in [-0.15, -0.1) is 0 Å². The third-order valence-corrected chi connectivity index (χ3v) is 6.30. The Morgan fingerprint density at radius 3 is 2.50 bits per heavy atom. The number of benzene rings is 2. The molecule has 1 aliphatic rings. The van der Waals surface area contributed by atoms with Gasteiger partial charge in [0.15, 0.2) is 0 Å². The summed E-state index contributed by atoms with van der Waals surface area (Å²) in [5, 5.41) is 2.62. The number of aromatic amines is 1. The van der Waals surface area contributed by atoms with Crippen molar-refractivity contribution < 1.29 is 13.2 Å². The molecule has 1 amide bonds. The van der Waals surface area contributed by atoms with E-state index in [0.29, 0.717) is 18.8 Å². The standard InChI is InChI=1S/C18H18N4O3S/c1-12(23)19-14-6-8-15(9-7-14)26(24,25)22-10-13(11-22)18-20-16-4-2-3-5-17(16)21-18/h2-9,13H,10-11H2,1H3,(H,19,23)(H,20,21). The third-order valence-electron chi connectivity index (χ3n) is 4.45. The van der Waals surface area contributed by atoms with E-state index in [1.54, 1.807) is 12.1 Å². The van der Waals surface area contributed by atoms with E-state index in [1.165, 1.54) is 23.4 Å². The SMILES string of the molecule is CC(=O)Nc1ccc(S(=O)(=O)N2CC(c3nc4ccccc4[nH]3)C2)cc1. The molecule has 1 aromatic heterocycles. The maximum Gasteiger partial charge on any atom is 0.243 e. The Kier molecular flexibility index (Phi) is 4.01. The number of nitrogens with zero attached hydrogens (tertiary/aromatic N) is 2. The number of sulfonamides is 1. The van der Waals surface area contributed by atoms with Crippen molar-refractivity contribution in [3.05, 3.63) is 54.4 Å². The normalized spacial score (nSPS) is 15.7. The van der Waals surface area contributed by atoms with E-state index < -0.39 is 10.0 Å². The Morgan fingerprint density at radius 1 is 1.15 bits per heavy atom. The number of para-hydroxylation sites is 2. The first-order valence-electron chi connectivity index (χ1n) is 8.26. The van der Waals surface area contributed by atoms with Gasteiger partial charge >= 0.3 is 0 Å². The zero-order valence-corrected chi connectivity index (χ0v) is 15.0. The van der Waals surface area contributed by atoms with Crippen molar-refractivity contribution >= 4 is 32.7 Å². The number of anilines is 1. The second-order valence-corrected chi connectivity index (χ2v) is 8.30. The second kappa shape index (κ2) is 6.22. The highest BCUT2D eigenvalue weighted by Crippen LogP contribution is 2.31. The number of carbonyl (C=O) groups excluding carboxylic acids is 1. The maximum absolute atomic E-state index is 12.7. The maximum atomic E-state index is 12.7.